The number of halogens is 1. The first-order chi connectivity index (χ1) is 11.9. The fourth-order valence-electron chi connectivity index (χ4n) is 2.61. The second kappa shape index (κ2) is 8.26. The predicted octanol–water partition coefficient (Wildman–Crippen LogP) is 1.76. The highest BCUT2D eigenvalue weighted by Crippen LogP contribution is 2.19. The second-order valence-corrected chi connectivity index (χ2v) is 6.20. The van der Waals surface area contributed by atoms with Crippen molar-refractivity contribution in [1.82, 2.24) is 25.1 Å². The minimum atomic E-state index is -0.500. The van der Waals surface area contributed by atoms with E-state index in [2.05, 4.69) is 20.5 Å². The number of amides is 1. The molecule has 1 atom stereocenters. The number of aromatic nitrogens is 4. The Balaban J connectivity index is 2.18. The molecule has 0 radical (unpaired) electrons. The molecular weight excluding hydrogens is 346 g/mol. The van der Waals surface area contributed by atoms with E-state index in [-0.39, 0.29) is 5.56 Å². The molecule has 0 unspecified atom stereocenters. The van der Waals surface area contributed by atoms with Gasteiger partial charge in [0.05, 0.1) is 11.1 Å². The van der Waals surface area contributed by atoms with Crippen LogP contribution >= 0.6 is 11.6 Å². The van der Waals surface area contributed by atoms with Crippen molar-refractivity contribution in [3.8, 4) is 0 Å². The highest BCUT2D eigenvalue weighted by molar-refractivity contribution is 6.32. The van der Waals surface area contributed by atoms with Crippen molar-refractivity contribution in [2.24, 2.45) is 0 Å². The second-order valence-electron chi connectivity index (χ2n) is 5.82. The van der Waals surface area contributed by atoms with Crippen molar-refractivity contribution in [3.05, 3.63) is 44.3 Å². The maximum Gasteiger partial charge on any atom is 0.261 e. The van der Waals surface area contributed by atoms with Crippen LogP contribution in [0.2, 0.25) is 5.02 Å². The third kappa shape index (κ3) is 4.26. The summed E-state index contributed by atoms with van der Waals surface area (Å²) >= 11 is 6.14. The summed E-state index contributed by atoms with van der Waals surface area (Å²) in [4.78, 5) is 27.3. The molecule has 1 amide bonds. The van der Waals surface area contributed by atoms with E-state index in [1.807, 2.05) is 4.57 Å². The number of carbonyl (C=O) groups excluding carboxylic acids is 1. The Kier molecular flexibility index (Phi) is 6.33. The van der Waals surface area contributed by atoms with Gasteiger partial charge in [0.15, 0.2) is 5.82 Å². The molecular formula is C16H22ClN5O3. The summed E-state index contributed by atoms with van der Waals surface area (Å²) < 4.78 is 6.89. The minimum absolute atomic E-state index is 0.00731. The van der Waals surface area contributed by atoms with E-state index in [1.165, 1.54) is 0 Å². The number of nitrogens with one attached hydrogen (secondary N) is 2. The van der Waals surface area contributed by atoms with Gasteiger partial charge in [0.2, 0.25) is 0 Å². The average molecular weight is 368 g/mol. The highest BCUT2D eigenvalue weighted by atomic mass is 35.5. The Labute approximate surface area is 150 Å². The maximum absolute atomic E-state index is 12.6. The Morgan fingerprint density at radius 2 is 2.20 bits per heavy atom. The lowest BCUT2D eigenvalue weighted by Crippen LogP contribution is -2.34. The number of H-pyrrole nitrogens is 1. The standard InChI is InChI=1S/C16H22ClN5O3/c1-9-12(15(23)19-10(2)13(9)17)16(24)20-11(3)14-21-18-8-22(14)6-5-7-25-4/h8,11H,5-7H2,1-4H3,(H,19,23)(H,20,24)/t11-/m1/s1. The third-order valence-corrected chi connectivity index (χ3v) is 4.48. The normalized spacial score (nSPS) is 12.2. The van der Waals surface area contributed by atoms with Gasteiger partial charge in [-0.2, -0.15) is 0 Å². The monoisotopic (exact) mass is 367 g/mol. The predicted molar refractivity (Wildman–Crippen MR) is 93.9 cm³/mol. The van der Waals surface area contributed by atoms with Crippen LogP contribution in [0, 0.1) is 13.8 Å². The van der Waals surface area contributed by atoms with Crippen LogP contribution in [0.25, 0.3) is 0 Å². The highest BCUT2D eigenvalue weighted by Gasteiger charge is 2.22. The van der Waals surface area contributed by atoms with E-state index in [0.29, 0.717) is 35.3 Å². The molecule has 25 heavy (non-hydrogen) atoms. The van der Waals surface area contributed by atoms with Gasteiger partial charge in [-0.1, -0.05) is 11.6 Å². The van der Waals surface area contributed by atoms with Crippen molar-refractivity contribution in [1.29, 1.82) is 0 Å². The van der Waals surface area contributed by atoms with Crippen LogP contribution in [0.1, 0.15) is 46.8 Å². The molecule has 0 aliphatic heterocycles. The van der Waals surface area contributed by atoms with Gasteiger partial charge in [-0.25, -0.2) is 0 Å². The number of hydrogen-bond acceptors (Lipinski definition) is 5. The summed E-state index contributed by atoms with van der Waals surface area (Å²) in [7, 11) is 1.64. The first-order valence-corrected chi connectivity index (χ1v) is 8.31. The Hall–Kier alpha value is -2.19. The number of hydrogen-bond donors (Lipinski definition) is 2. The van der Waals surface area contributed by atoms with Crippen molar-refractivity contribution in [2.75, 3.05) is 13.7 Å². The number of rotatable bonds is 7. The van der Waals surface area contributed by atoms with Gasteiger partial charge in [-0.3, -0.25) is 9.59 Å². The molecule has 0 aliphatic rings. The molecule has 0 spiro atoms. The van der Waals surface area contributed by atoms with Gasteiger partial charge < -0.3 is 19.6 Å². The van der Waals surface area contributed by atoms with E-state index >= 15 is 0 Å². The summed E-state index contributed by atoms with van der Waals surface area (Å²) in [6.45, 7) is 6.41. The molecule has 0 saturated heterocycles. The molecule has 2 aromatic heterocycles. The molecule has 136 valence electrons. The number of ether oxygens (including phenoxy) is 1. The quantitative estimate of drug-likeness (QED) is 0.726. The molecule has 2 rings (SSSR count). The lowest BCUT2D eigenvalue weighted by atomic mass is 10.1. The fraction of sp³-hybridized carbons (Fsp3) is 0.500. The first kappa shape index (κ1) is 19.1. The molecule has 0 bridgehead atoms. The lowest BCUT2D eigenvalue weighted by Gasteiger charge is -2.16. The first-order valence-electron chi connectivity index (χ1n) is 7.93. The average Bonchev–Trinajstić information content (AvgIpc) is 3.01. The maximum atomic E-state index is 12.6. The molecule has 0 fully saturated rings. The lowest BCUT2D eigenvalue weighted by molar-refractivity contribution is 0.0935. The van der Waals surface area contributed by atoms with Gasteiger partial charge >= 0.3 is 0 Å². The summed E-state index contributed by atoms with van der Waals surface area (Å²) in [5.74, 6) is 0.108. The van der Waals surface area contributed by atoms with E-state index < -0.39 is 17.5 Å². The van der Waals surface area contributed by atoms with Crippen LogP contribution in [-0.4, -0.2) is 39.4 Å². The Bertz CT molecular complexity index is 815. The largest absolute Gasteiger partial charge is 0.385 e. The van der Waals surface area contributed by atoms with E-state index in [4.69, 9.17) is 16.3 Å². The molecule has 8 nitrogen and oxygen atoms in total. The summed E-state index contributed by atoms with van der Waals surface area (Å²) in [5, 5.41) is 11.1. The summed E-state index contributed by atoms with van der Waals surface area (Å²) in [5.41, 5.74) is 0.527. The van der Waals surface area contributed by atoms with Crippen LogP contribution in [0.15, 0.2) is 11.1 Å². The van der Waals surface area contributed by atoms with Crippen LogP contribution in [-0.2, 0) is 11.3 Å². The van der Waals surface area contributed by atoms with Crippen molar-refractivity contribution in [2.45, 2.75) is 39.8 Å². The number of methoxy groups -OCH3 is 1. The molecule has 0 aliphatic carbocycles. The van der Waals surface area contributed by atoms with Gasteiger partial charge in [0.1, 0.15) is 11.9 Å². The zero-order valence-electron chi connectivity index (χ0n) is 14.7. The summed E-state index contributed by atoms with van der Waals surface area (Å²) in [6.07, 6.45) is 2.41. The zero-order valence-corrected chi connectivity index (χ0v) is 15.5. The number of carbonyl (C=O) groups is 1. The van der Waals surface area contributed by atoms with Crippen molar-refractivity contribution >= 4 is 17.5 Å². The van der Waals surface area contributed by atoms with Gasteiger partial charge in [-0.05, 0) is 32.8 Å². The molecule has 2 heterocycles. The topological polar surface area (TPSA) is 102 Å². The van der Waals surface area contributed by atoms with Crippen LogP contribution in [0.3, 0.4) is 0 Å². The van der Waals surface area contributed by atoms with E-state index in [0.717, 1.165) is 6.42 Å². The van der Waals surface area contributed by atoms with Gasteiger partial charge in [0, 0.05) is 26.0 Å². The third-order valence-electron chi connectivity index (χ3n) is 3.92. The van der Waals surface area contributed by atoms with E-state index in [1.54, 1.807) is 34.2 Å². The van der Waals surface area contributed by atoms with Gasteiger partial charge in [0.25, 0.3) is 11.5 Å². The fourth-order valence-corrected chi connectivity index (χ4v) is 2.75. The number of pyridine rings is 1. The number of aromatic amines is 1. The zero-order chi connectivity index (χ0) is 18.6. The molecule has 0 aromatic carbocycles. The van der Waals surface area contributed by atoms with Crippen LogP contribution in [0.4, 0.5) is 0 Å². The van der Waals surface area contributed by atoms with Crippen LogP contribution in [0.5, 0.6) is 0 Å². The summed E-state index contributed by atoms with van der Waals surface area (Å²) in [6, 6.07) is -0.420. The molecule has 2 N–H and O–H groups in total. The van der Waals surface area contributed by atoms with Crippen molar-refractivity contribution < 1.29 is 9.53 Å². The minimum Gasteiger partial charge on any atom is -0.385 e. The van der Waals surface area contributed by atoms with Crippen molar-refractivity contribution in [3.63, 3.8) is 0 Å². The SMILES string of the molecule is COCCCn1cnnc1[C@@H](C)NC(=O)c1c(C)c(Cl)c(C)[nH]c1=O. The van der Waals surface area contributed by atoms with E-state index in [9.17, 15) is 9.59 Å². The van der Waals surface area contributed by atoms with Gasteiger partial charge in [-0.15, -0.1) is 10.2 Å². The Morgan fingerprint density at radius 1 is 1.48 bits per heavy atom. The number of nitrogens with zero attached hydrogens (tertiary/aromatic N) is 3. The molecule has 0 saturated carbocycles. The molecule has 2 aromatic rings. The Morgan fingerprint density at radius 3 is 2.88 bits per heavy atom. The smallest absolute Gasteiger partial charge is 0.261 e. The number of aryl methyl sites for hydroxylation is 2. The molecule has 9 heteroatoms. The van der Waals surface area contributed by atoms with Crippen LogP contribution < -0.4 is 10.9 Å².